The van der Waals surface area contributed by atoms with Crippen LogP contribution in [0.3, 0.4) is 0 Å². The summed E-state index contributed by atoms with van der Waals surface area (Å²) in [6.45, 7) is 0.946. The summed E-state index contributed by atoms with van der Waals surface area (Å²) >= 11 is 0. The number of benzene rings is 2. The first-order valence-corrected chi connectivity index (χ1v) is 9.99. The minimum absolute atomic E-state index is 0.0405. The molecule has 0 aliphatic carbocycles. The summed E-state index contributed by atoms with van der Waals surface area (Å²) in [5.74, 6) is -2.12. The first-order valence-electron chi connectivity index (χ1n) is 8.55. The molecule has 29 heavy (non-hydrogen) atoms. The number of nitrogens with one attached hydrogen (secondary N) is 1. The third-order valence-electron chi connectivity index (χ3n) is 4.02. The van der Waals surface area contributed by atoms with Gasteiger partial charge in [0, 0.05) is 6.54 Å². The number of sulfonamides is 1. The van der Waals surface area contributed by atoms with Crippen molar-refractivity contribution in [1.82, 2.24) is 4.31 Å². The summed E-state index contributed by atoms with van der Waals surface area (Å²) in [6, 6.07) is 9.27. The average molecular weight is 424 g/mol. The number of hydrogen-bond donors (Lipinski definition) is 1. The number of hydrogen-bond acceptors (Lipinski definition) is 6. The van der Waals surface area contributed by atoms with Gasteiger partial charge in [0.1, 0.15) is 16.5 Å². The number of carbonyl (C=O) groups is 2. The summed E-state index contributed by atoms with van der Waals surface area (Å²) in [7, 11) is -1.75. The Hall–Kier alpha value is -2.98. The first kappa shape index (κ1) is 22.3. The summed E-state index contributed by atoms with van der Waals surface area (Å²) in [4.78, 5) is 23.9. The van der Waals surface area contributed by atoms with E-state index in [-0.39, 0.29) is 28.4 Å². The van der Waals surface area contributed by atoms with Crippen LogP contribution in [0.5, 0.6) is 5.75 Å². The summed E-state index contributed by atoms with van der Waals surface area (Å²) < 4.78 is 50.0. The van der Waals surface area contributed by atoms with Crippen LogP contribution in [0.15, 0.2) is 47.4 Å². The molecular formula is C19H21FN2O6S. The Morgan fingerprint density at radius 2 is 1.83 bits per heavy atom. The highest BCUT2D eigenvalue weighted by Crippen LogP contribution is 2.27. The minimum atomic E-state index is -4.22. The molecule has 0 unspecified atom stereocenters. The van der Waals surface area contributed by atoms with E-state index in [9.17, 15) is 22.4 Å². The maximum atomic E-state index is 13.6. The Balaban J connectivity index is 2.27. The SMILES string of the molecule is CCN(CC(=O)Nc1ccccc1C(=O)OC)S(=O)(=O)c1cc(F)ccc1OC. The zero-order chi connectivity index (χ0) is 21.6. The predicted molar refractivity (Wildman–Crippen MR) is 104 cm³/mol. The molecule has 1 N–H and O–H groups in total. The maximum absolute atomic E-state index is 13.6. The third-order valence-corrected chi connectivity index (χ3v) is 5.96. The molecule has 8 nitrogen and oxygen atoms in total. The van der Waals surface area contributed by atoms with Crippen LogP contribution in [-0.2, 0) is 19.6 Å². The van der Waals surface area contributed by atoms with Crippen molar-refractivity contribution in [3.63, 3.8) is 0 Å². The highest BCUT2D eigenvalue weighted by molar-refractivity contribution is 7.89. The van der Waals surface area contributed by atoms with Gasteiger partial charge in [-0.2, -0.15) is 4.31 Å². The van der Waals surface area contributed by atoms with Gasteiger partial charge in [-0.15, -0.1) is 0 Å². The Labute approximate surface area is 168 Å². The molecule has 0 saturated heterocycles. The highest BCUT2D eigenvalue weighted by atomic mass is 32.2. The molecule has 156 valence electrons. The molecule has 2 rings (SSSR count). The molecule has 0 bridgehead atoms. The lowest BCUT2D eigenvalue weighted by molar-refractivity contribution is -0.116. The van der Waals surface area contributed by atoms with Gasteiger partial charge in [-0.25, -0.2) is 17.6 Å². The second-order valence-electron chi connectivity index (χ2n) is 5.81. The number of para-hydroxylation sites is 1. The zero-order valence-electron chi connectivity index (χ0n) is 16.1. The number of halogens is 1. The van der Waals surface area contributed by atoms with Gasteiger partial charge in [-0.05, 0) is 30.3 Å². The van der Waals surface area contributed by atoms with Gasteiger partial charge in [0.2, 0.25) is 15.9 Å². The van der Waals surface area contributed by atoms with E-state index in [2.05, 4.69) is 10.1 Å². The quantitative estimate of drug-likeness (QED) is 0.653. The number of nitrogens with zero attached hydrogens (tertiary/aromatic N) is 1. The number of esters is 1. The monoisotopic (exact) mass is 424 g/mol. The van der Waals surface area contributed by atoms with Crippen molar-refractivity contribution in [3.05, 3.63) is 53.8 Å². The van der Waals surface area contributed by atoms with Crippen molar-refractivity contribution in [3.8, 4) is 5.75 Å². The molecular weight excluding hydrogens is 403 g/mol. The number of ether oxygens (including phenoxy) is 2. The molecule has 10 heteroatoms. The zero-order valence-corrected chi connectivity index (χ0v) is 17.0. The van der Waals surface area contributed by atoms with Gasteiger partial charge in [0.25, 0.3) is 0 Å². The number of amides is 1. The molecule has 0 spiro atoms. The largest absolute Gasteiger partial charge is 0.495 e. The second kappa shape index (κ2) is 9.48. The summed E-state index contributed by atoms with van der Waals surface area (Å²) in [6.07, 6.45) is 0. The standard InChI is InChI=1S/C19H21FN2O6S/c1-4-22(29(25,26)17-11-13(20)9-10-16(17)27-2)12-18(23)21-15-8-6-5-7-14(15)19(24)28-3/h5-11H,4,12H2,1-3H3,(H,21,23). The van der Waals surface area contributed by atoms with Crippen molar-refractivity contribution in [1.29, 1.82) is 0 Å². The van der Waals surface area contributed by atoms with E-state index in [1.165, 1.54) is 32.4 Å². The fraction of sp³-hybridized carbons (Fsp3) is 0.263. The Bertz CT molecular complexity index is 1010. The van der Waals surface area contributed by atoms with Crippen LogP contribution in [0.25, 0.3) is 0 Å². The van der Waals surface area contributed by atoms with E-state index >= 15 is 0 Å². The van der Waals surface area contributed by atoms with Gasteiger partial charge in [0.05, 0.1) is 32.0 Å². The molecule has 2 aromatic carbocycles. The molecule has 0 atom stereocenters. The first-order chi connectivity index (χ1) is 13.7. The molecule has 0 aromatic heterocycles. The fourth-order valence-corrected chi connectivity index (χ4v) is 4.16. The van der Waals surface area contributed by atoms with Crippen molar-refractivity contribution in [2.75, 3.05) is 32.6 Å². The van der Waals surface area contributed by atoms with Crippen LogP contribution in [0.2, 0.25) is 0 Å². The van der Waals surface area contributed by atoms with Crippen molar-refractivity contribution in [2.24, 2.45) is 0 Å². The van der Waals surface area contributed by atoms with E-state index in [0.717, 1.165) is 16.4 Å². The van der Waals surface area contributed by atoms with Crippen molar-refractivity contribution in [2.45, 2.75) is 11.8 Å². The molecule has 0 radical (unpaired) electrons. The van der Waals surface area contributed by atoms with E-state index in [4.69, 9.17) is 4.74 Å². The van der Waals surface area contributed by atoms with Gasteiger partial charge in [-0.1, -0.05) is 19.1 Å². The maximum Gasteiger partial charge on any atom is 0.339 e. The van der Waals surface area contributed by atoms with Crippen molar-refractivity contribution >= 4 is 27.6 Å². The molecule has 1 amide bonds. The average Bonchev–Trinajstić information content (AvgIpc) is 2.71. The minimum Gasteiger partial charge on any atom is -0.495 e. The van der Waals surface area contributed by atoms with Gasteiger partial charge < -0.3 is 14.8 Å². The van der Waals surface area contributed by atoms with Crippen LogP contribution in [0, 0.1) is 5.82 Å². The smallest absolute Gasteiger partial charge is 0.339 e. The van der Waals surface area contributed by atoms with Crippen LogP contribution in [0.1, 0.15) is 17.3 Å². The molecule has 2 aromatic rings. The van der Waals surface area contributed by atoms with Crippen LogP contribution >= 0.6 is 0 Å². The Kier molecular flexibility index (Phi) is 7.29. The molecule has 0 aliphatic rings. The molecule has 0 aliphatic heterocycles. The normalized spacial score (nSPS) is 11.2. The lowest BCUT2D eigenvalue weighted by Crippen LogP contribution is -2.38. The predicted octanol–water partition coefficient (Wildman–Crippen LogP) is 2.27. The topological polar surface area (TPSA) is 102 Å². The fourth-order valence-electron chi connectivity index (χ4n) is 2.59. The third kappa shape index (κ3) is 5.09. The Morgan fingerprint density at radius 3 is 2.45 bits per heavy atom. The lowest BCUT2D eigenvalue weighted by Gasteiger charge is -2.21. The van der Waals surface area contributed by atoms with Crippen molar-refractivity contribution < 1.29 is 31.9 Å². The molecule has 0 saturated carbocycles. The summed E-state index contributed by atoms with van der Waals surface area (Å²) in [5.41, 5.74) is 0.308. The summed E-state index contributed by atoms with van der Waals surface area (Å²) in [5, 5.41) is 2.50. The van der Waals surface area contributed by atoms with Gasteiger partial charge in [-0.3, -0.25) is 4.79 Å². The molecule has 0 heterocycles. The second-order valence-corrected chi connectivity index (χ2v) is 7.72. The number of carbonyl (C=O) groups excluding carboxylic acids is 2. The number of methoxy groups -OCH3 is 2. The van der Waals surface area contributed by atoms with Crippen LogP contribution in [-0.4, -0.2) is 51.9 Å². The number of likely N-dealkylation sites (N-methyl/N-ethyl adjacent to an activating group) is 1. The Morgan fingerprint density at radius 1 is 1.14 bits per heavy atom. The van der Waals surface area contributed by atoms with Crippen LogP contribution in [0.4, 0.5) is 10.1 Å². The van der Waals surface area contributed by atoms with E-state index < -0.39 is 34.3 Å². The van der Waals surface area contributed by atoms with E-state index in [1.54, 1.807) is 19.1 Å². The molecule has 0 fully saturated rings. The van der Waals surface area contributed by atoms with E-state index in [0.29, 0.717) is 0 Å². The lowest BCUT2D eigenvalue weighted by atomic mass is 10.2. The highest BCUT2D eigenvalue weighted by Gasteiger charge is 2.29. The van der Waals surface area contributed by atoms with Gasteiger partial charge in [0.15, 0.2) is 0 Å². The number of anilines is 1. The van der Waals surface area contributed by atoms with Gasteiger partial charge >= 0.3 is 5.97 Å². The van der Waals surface area contributed by atoms with E-state index in [1.807, 2.05) is 0 Å². The number of rotatable bonds is 8. The van der Waals surface area contributed by atoms with Crippen LogP contribution < -0.4 is 10.1 Å².